The summed E-state index contributed by atoms with van der Waals surface area (Å²) in [4.78, 5) is 0. The number of aliphatic hydroxyl groups is 1. The summed E-state index contributed by atoms with van der Waals surface area (Å²) in [5.74, 6) is 0.929. The van der Waals surface area contributed by atoms with Crippen LogP contribution in [-0.2, 0) is 5.41 Å². The van der Waals surface area contributed by atoms with Crippen LogP contribution in [0.3, 0.4) is 0 Å². The zero-order chi connectivity index (χ0) is 25.2. The van der Waals surface area contributed by atoms with Gasteiger partial charge < -0.3 is 9.84 Å². The second-order valence-corrected chi connectivity index (χ2v) is 9.45. The summed E-state index contributed by atoms with van der Waals surface area (Å²) in [5.41, 5.74) is 5.39. The molecule has 0 radical (unpaired) electrons. The van der Waals surface area contributed by atoms with Gasteiger partial charge in [-0.1, -0.05) is 70.2 Å². The summed E-state index contributed by atoms with van der Waals surface area (Å²) in [5, 5.41) is 19.3. The molecule has 0 heterocycles. The number of ether oxygens (including phenoxy) is 1. The van der Waals surface area contributed by atoms with E-state index >= 15 is 0 Å². The Balaban J connectivity index is 2.32. The van der Waals surface area contributed by atoms with Crippen molar-refractivity contribution in [2.45, 2.75) is 97.5 Å². The summed E-state index contributed by atoms with van der Waals surface area (Å²) in [7, 11) is 0. The first kappa shape index (κ1) is 27.7. The van der Waals surface area contributed by atoms with Crippen molar-refractivity contribution in [2.24, 2.45) is 0 Å². The van der Waals surface area contributed by atoms with Gasteiger partial charge in [0.1, 0.15) is 5.75 Å². The van der Waals surface area contributed by atoms with Crippen LogP contribution in [0.25, 0.3) is 6.08 Å². The maximum Gasteiger partial charge on any atom is 0.122 e. The zero-order valence-corrected chi connectivity index (χ0v) is 22.1. The Hall–Kier alpha value is -2.57. The molecule has 0 fully saturated rings. The molecule has 0 bridgehead atoms. The third-order valence-electron chi connectivity index (χ3n) is 7.50. The van der Waals surface area contributed by atoms with Crippen molar-refractivity contribution >= 4 is 6.08 Å². The predicted octanol–water partition coefficient (Wildman–Crippen LogP) is 8.05. The van der Waals surface area contributed by atoms with Gasteiger partial charge in [0.15, 0.2) is 0 Å². The van der Waals surface area contributed by atoms with E-state index in [1.54, 1.807) is 0 Å². The van der Waals surface area contributed by atoms with Crippen LogP contribution in [0.2, 0.25) is 0 Å². The van der Waals surface area contributed by atoms with Gasteiger partial charge in [0.2, 0.25) is 0 Å². The maximum absolute atomic E-state index is 10.6. The monoisotopic (exact) mass is 461 g/mol. The molecular formula is C31H43NO2. The molecule has 2 aromatic carbocycles. The van der Waals surface area contributed by atoms with Crippen LogP contribution in [0.1, 0.15) is 100 Å². The van der Waals surface area contributed by atoms with Crippen LogP contribution in [0.5, 0.6) is 5.75 Å². The van der Waals surface area contributed by atoms with Crippen molar-refractivity contribution < 1.29 is 9.84 Å². The van der Waals surface area contributed by atoms with Gasteiger partial charge in [-0.05, 0) is 86.3 Å². The van der Waals surface area contributed by atoms with E-state index in [0.29, 0.717) is 25.9 Å². The van der Waals surface area contributed by atoms with Crippen molar-refractivity contribution in [1.82, 2.24) is 0 Å². The van der Waals surface area contributed by atoms with Gasteiger partial charge in [0.05, 0.1) is 18.3 Å². The Kier molecular flexibility index (Phi) is 10.4. The van der Waals surface area contributed by atoms with Crippen LogP contribution in [0.4, 0.5) is 0 Å². The fourth-order valence-corrected chi connectivity index (χ4v) is 4.72. The molecule has 3 nitrogen and oxygen atoms in total. The van der Waals surface area contributed by atoms with E-state index in [-0.39, 0.29) is 5.41 Å². The zero-order valence-electron chi connectivity index (χ0n) is 22.1. The fourth-order valence-electron chi connectivity index (χ4n) is 4.72. The molecule has 0 aliphatic heterocycles. The summed E-state index contributed by atoms with van der Waals surface area (Å²) in [6, 6.07) is 15.6. The Morgan fingerprint density at radius 3 is 2.03 bits per heavy atom. The molecule has 2 rings (SSSR count). The average Bonchev–Trinajstić information content (AvgIpc) is 2.85. The molecule has 1 N–H and O–H groups in total. The lowest BCUT2D eigenvalue weighted by Crippen LogP contribution is -2.26. The van der Waals surface area contributed by atoms with Gasteiger partial charge in [-0.15, -0.1) is 0 Å². The Labute approximate surface area is 207 Å². The third kappa shape index (κ3) is 6.51. The summed E-state index contributed by atoms with van der Waals surface area (Å²) in [6.07, 6.45) is 9.83. The Bertz CT molecular complexity index is 991. The number of rotatable bonds is 13. The second-order valence-electron chi connectivity index (χ2n) is 9.45. The molecule has 0 aromatic heterocycles. The lowest BCUT2D eigenvalue weighted by Gasteiger charge is -2.34. The average molecular weight is 462 g/mol. The van der Waals surface area contributed by atoms with Gasteiger partial charge in [0.25, 0.3) is 0 Å². The van der Waals surface area contributed by atoms with Gasteiger partial charge in [-0.25, -0.2) is 0 Å². The molecule has 0 spiro atoms. The topological polar surface area (TPSA) is 53.2 Å². The number of hydrogen-bond acceptors (Lipinski definition) is 3. The minimum atomic E-state index is -0.737. The van der Waals surface area contributed by atoms with Crippen molar-refractivity contribution in [3.63, 3.8) is 0 Å². The molecule has 0 atom stereocenters. The summed E-state index contributed by atoms with van der Waals surface area (Å²) in [6.45, 7) is 13.5. The van der Waals surface area contributed by atoms with Gasteiger partial charge in [-0.3, -0.25) is 0 Å². The van der Waals surface area contributed by atoms with Gasteiger partial charge in [-0.2, -0.15) is 5.26 Å². The number of unbranched alkanes of at least 4 members (excludes halogenated alkanes) is 2. The summed E-state index contributed by atoms with van der Waals surface area (Å²) < 4.78 is 5.99. The molecular weight excluding hydrogens is 418 g/mol. The van der Waals surface area contributed by atoms with Crippen molar-refractivity contribution in [3.8, 4) is 11.8 Å². The second kappa shape index (κ2) is 12.8. The summed E-state index contributed by atoms with van der Waals surface area (Å²) >= 11 is 0. The molecule has 0 aliphatic rings. The quantitative estimate of drug-likeness (QED) is 0.307. The Morgan fingerprint density at radius 1 is 0.882 bits per heavy atom. The minimum absolute atomic E-state index is 0.0589. The van der Waals surface area contributed by atoms with E-state index in [9.17, 15) is 5.11 Å². The highest BCUT2D eigenvalue weighted by molar-refractivity contribution is 5.57. The highest BCUT2D eigenvalue weighted by Crippen LogP contribution is 2.41. The van der Waals surface area contributed by atoms with E-state index in [0.717, 1.165) is 42.6 Å². The van der Waals surface area contributed by atoms with Crippen molar-refractivity contribution in [3.05, 3.63) is 70.3 Å². The van der Waals surface area contributed by atoms with Crippen LogP contribution in [0.15, 0.2) is 42.5 Å². The van der Waals surface area contributed by atoms with E-state index < -0.39 is 5.60 Å². The standard InChI is InChI=1S/C31H43NO2/c1-7-30(33,8-2)19-18-26-14-15-27(22-24(26)5)31(9-3,10-4)28-16-17-29(25(6)23-28)34-21-13-11-12-20-32/h14-19,22-23,33H,7-13,21H2,1-6H3. The number of aryl methyl sites for hydroxylation is 2. The highest BCUT2D eigenvalue weighted by Gasteiger charge is 2.31. The number of nitriles is 1. The Morgan fingerprint density at radius 2 is 1.50 bits per heavy atom. The van der Waals surface area contributed by atoms with Gasteiger partial charge >= 0.3 is 0 Å². The molecule has 184 valence electrons. The molecule has 0 amide bonds. The molecule has 0 unspecified atom stereocenters. The van der Waals surface area contributed by atoms with Crippen LogP contribution in [-0.4, -0.2) is 17.3 Å². The SMILES string of the molecule is CCC(O)(C=Cc1ccc(C(CC)(CC)c2ccc(OCCCCC#N)c(C)c2)cc1C)CC. The van der Waals surface area contributed by atoms with Crippen molar-refractivity contribution in [2.75, 3.05) is 6.61 Å². The van der Waals surface area contributed by atoms with Crippen LogP contribution in [0, 0.1) is 25.2 Å². The van der Waals surface area contributed by atoms with E-state index in [4.69, 9.17) is 10.00 Å². The molecule has 34 heavy (non-hydrogen) atoms. The van der Waals surface area contributed by atoms with Crippen LogP contribution >= 0.6 is 0 Å². The highest BCUT2D eigenvalue weighted by atomic mass is 16.5. The first-order valence-corrected chi connectivity index (χ1v) is 12.9. The van der Waals surface area contributed by atoms with E-state index in [2.05, 4.69) is 76.2 Å². The minimum Gasteiger partial charge on any atom is -0.493 e. The molecule has 0 saturated carbocycles. The smallest absolute Gasteiger partial charge is 0.122 e. The first-order valence-electron chi connectivity index (χ1n) is 12.9. The third-order valence-corrected chi connectivity index (χ3v) is 7.50. The molecule has 2 aromatic rings. The lowest BCUT2D eigenvalue weighted by molar-refractivity contribution is 0.0836. The van der Waals surface area contributed by atoms with E-state index in [1.165, 1.54) is 16.7 Å². The van der Waals surface area contributed by atoms with Crippen LogP contribution < -0.4 is 4.74 Å². The fraction of sp³-hybridized carbons (Fsp3) is 0.516. The number of nitrogens with zero attached hydrogens (tertiary/aromatic N) is 1. The normalized spacial score (nSPS) is 12.2. The molecule has 0 saturated heterocycles. The number of benzene rings is 2. The van der Waals surface area contributed by atoms with Crippen molar-refractivity contribution in [1.29, 1.82) is 5.26 Å². The number of hydrogen-bond donors (Lipinski definition) is 1. The largest absolute Gasteiger partial charge is 0.493 e. The lowest BCUT2D eigenvalue weighted by atomic mass is 9.70. The van der Waals surface area contributed by atoms with Gasteiger partial charge in [0, 0.05) is 11.8 Å². The predicted molar refractivity (Wildman–Crippen MR) is 143 cm³/mol. The first-order chi connectivity index (χ1) is 16.3. The molecule has 3 heteroatoms. The maximum atomic E-state index is 10.6. The van der Waals surface area contributed by atoms with E-state index in [1.807, 2.05) is 19.9 Å². The molecule has 0 aliphatic carbocycles.